The van der Waals surface area contributed by atoms with Gasteiger partial charge in [-0.3, -0.25) is 14.6 Å². The van der Waals surface area contributed by atoms with Crippen molar-refractivity contribution < 1.29 is 14.7 Å². The van der Waals surface area contributed by atoms with Gasteiger partial charge in [0.1, 0.15) is 0 Å². The van der Waals surface area contributed by atoms with Gasteiger partial charge < -0.3 is 10.4 Å². The van der Waals surface area contributed by atoms with Crippen molar-refractivity contribution in [2.24, 2.45) is 11.8 Å². The molecule has 1 aliphatic rings. The summed E-state index contributed by atoms with van der Waals surface area (Å²) < 4.78 is 0. The minimum absolute atomic E-state index is 0.196. The SMILES string of the molecule is CC(NC(=O)[C@@H]1C[C@@H]1C(=O)O)c1ccccn1. The molecule has 1 unspecified atom stereocenters. The van der Waals surface area contributed by atoms with Crippen molar-refractivity contribution in [2.45, 2.75) is 19.4 Å². The van der Waals surface area contributed by atoms with Gasteiger partial charge in [0.15, 0.2) is 0 Å². The van der Waals surface area contributed by atoms with E-state index in [0.717, 1.165) is 5.69 Å². The molecule has 0 aromatic carbocycles. The summed E-state index contributed by atoms with van der Waals surface area (Å²) in [6.45, 7) is 1.83. The number of nitrogens with one attached hydrogen (secondary N) is 1. The maximum absolute atomic E-state index is 11.7. The molecule has 0 bridgehead atoms. The van der Waals surface area contributed by atoms with Gasteiger partial charge in [-0.05, 0) is 25.5 Å². The molecule has 90 valence electrons. The van der Waals surface area contributed by atoms with Gasteiger partial charge in [-0.25, -0.2) is 0 Å². The van der Waals surface area contributed by atoms with E-state index in [1.165, 1.54) is 0 Å². The van der Waals surface area contributed by atoms with Crippen LogP contribution >= 0.6 is 0 Å². The fraction of sp³-hybridized carbons (Fsp3) is 0.417. The van der Waals surface area contributed by atoms with Gasteiger partial charge >= 0.3 is 5.97 Å². The summed E-state index contributed by atoms with van der Waals surface area (Å²) in [4.78, 5) is 26.5. The van der Waals surface area contributed by atoms with Crippen molar-refractivity contribution >= 4 is 11.9 Å². The highest BCUT2D eigenvalue weighted by atomic mass is 16.4. The number of carboxylic acid groups (broad SMARTS) is 1. The van der Waals surface area contributed by atoms with Crippen LogP contribution in [0.25, 0.3) is 0 Å². The molecule has 0 spiro atoms. The quantitative estimate of drug-likeness (QED) is 0.813. The van der Waals surface area contributed by atoms with Crippen LogP contribution in [-0.4, -0.2) is 22.0 Å². The van der Waals surface area contributed by atoms with Gasteiger partial charge in [0.25, 0.3) is 0 Å². The molecule has 1 aromatic heterocycles. The second-order valence-electron chi connectivity index (χ2n) is 4.27. The molecule has 1 fully saturated rings. The predicted molar refractivity (Wildman–Crippen MR) is 60.0 cm³/mol. The third-order valence-corrected chi connectivity index (χ3v) is 2.93. The van der Waals surface area contributed by atoms with E-state index in [2.05, 4.69) is 10.3 Å². The normalized spacial score (nSPS) is 23.8. The van der Waals surface area contributed by atoms with Gasteiger partial charge in [-0.2, -0.15) is 0 Å². The van der Waals surface area contributed by atoms with E-state index in [-0.39, 0.29) is 17.9 Å². The zero-order chi connectivity index (χ0) is 12.4. The van der Waals surface area contributed by atoms with E-state index in [9.17, 15) is 9.59 Å². The average Bonchev–Trinajstić information content (AvgIpc) is 3.10. The molecule has 1 aromatic rings. The van der Waals surface area contributed by atoms with Crippen LogP contribution in [0.1, 0.15) is 25.1 Å². The molecule has 2 N–H and O–H groups in total. The maximum Gasteiger partial charge on any atom is 0.307 e. The number of pyridine rings is 1. The lowest BCUT2D eigenvalue weighted by molar-refractivity contribution is -0.140. The molecule has 1 aliphatic carbocycles. The summed E-state index contributed by atoms with van der Waals surface area (Å²) in [5, 5.41) is 11.5. The molecule has 1 heterocycles. The molecule has 5 heteroatoms. The number of carboxylic acids is 1. The summed E-state index contributed by atoms with van der Waals surface area (Å²) in [6.07, 6.45) is 2.10. The third-order valence-electron chi connectivity index (χ3n) is 2.93. The zero-order valence-electron chi connectivity index (χ0n) is 9.46. The van der Waals surface area contributed by atoms with Crippen LogP contribution in [0.15, 0.2) is 24.4 Å². The molecule has 17 heavy (non-hydrogen) atoms. The Bertz CT molecular complexity index is 433. The van der Waals surface area contributed by atoms with Crippen LogP contribution < -0.4 is 5.32 Å². The lowest BCUT2D eigenvalue weighted by atomic mass is 10.2. The van der Waals surface area contributed by atoms with Gasteiger partial charge in [0, 0.05) is 6.20 Å². The van der Waals surface area contributed by atoms with Crippen molar-refractivity contribution in [1.82, 2.24) is 10.3 Å². The van der Waals surface area contributed by atoms with E-state index in [1.807, 2.05) is 19.1 Å². The van der Waals surface area contributed by atoms with Crippen molar-refractivity contribution in [2.75, 3.05) is 0 Å². The lowest BCUT2D eigenvalue weighted by Gasteiger charge is -2.12. The molecule has 2 rings (SSSR count). The minimum atomic E-state index is -0.893. The largest absolute Gasteiger partial charge is 0.481 e. The summed E-state index contributed by atoms with van der Waals surface area (Å²) >= 11 is 0. The number of hydrogen-bond acceptors (Lipinski definition) is 3. The van der Waals surface area contributed by atoms with Gasteiger partial charge in [-0.15, -0.1) is 0 Å². The van der Waals surface area contributed by atoms with Crippen molar-refractivity contribution in [3.63, 3.8) is 0 Å². The predicted octanol–water partition coefficient (Wildman–Crippen LogP) is 0.980. The summed E-state index contributed by atoms with van der Waals surface area (Å²) in [5.74, 6) is -1.98. The molecule has 0 saturated heterocycles. The second kappa shape index (κ2) is 4.53. The number of carbonyl (C=O) groups excluding carboxylic acids is 1. The fourth-order valence-corrected chi connectivity index (χ4v) is 1.78. The molecule has 5 nitrogen and oxygen atoms in total. The monoisotopic (exact) mass is 234 g/mol. The Balaban J connectivity index is 1.90. The summed E-state index contributed by atoms with van der Waals surface area (Å²) in [5.41, 5.74) is 0.772. The molecule has 3 atom stereocenters. The molecule has 0 aliphatic heterocycles. The summed E-state index contributed by atoms with van der Waals surface area (Å²) in [6, 6.07) is 5.28. The highest BCUT2D eigenvalue weighted by molar-refractivity contribution is 5.89. The Morgan fingerprint density at radius 2 is 2.24 bits per heavy atom. The molecule has 1 saturated carbocycles. The van der Waals surface area contributed by atoms with Crippen LogP contribution in [0.3, 0.4) is 0 Å². The smallest absolute Gasteiger partial charge is 0.307 e. The summed E-state index contributed by atoms with van der Waals surface area (Å²) in [7, 11) is 0. The molecule has 1 amide bonds. The number of aromatic nitrogens is 1. The van der Waals surface area contributed by atoms with Crippen LogP contribution in [0.5, 0.6) is 0 Å². The highest BCUT2D eigenvalue weighted by Gasteiger charge is 2.48. The number of hydrogen-bond donors (Lipinski definition) is 2. The Kier molecular flexibility index (Phi) is 3.08. The number of nitrogens with zero attached hydrogens (tertiary/aromatic N) is 1. The van der Waals surface area contributed by atoms with E-state index < -0.39 is 11.9 Å². The van der Waals surface area contributed by atoms with Crippen molar-refractivity contribution in [3.8, 4) is 0 Å². The highest BCUT2D eigenvalue weighted by Crippen LogP contribution is 2.39. The standard InChI is InChI=1S/C12H14N2O3/c1-7(10-4-2-3-5-13-10)14-11(15)8-6-9(8)12(16)17/h2-5,7-9H,6H2,1H3,(H,14,15)(H,16,17)/t7?,8-,9+/m1/s1. The van der Waals surface area contributed by atoms with Crippen LogP contribution in [0.2, 0.25) is 0 Å². The van der Waals surface area contributed by atoms with Crippen molar-refractivity contribution in [3.05, 3.63) is 30.1 Å². The topological polar surface area (TPSA) is 79.3 Å². The van der Waals surface area contributed by atoms with E-state index >= 15 is 0 Å². The number of aliphatic carboxylic acids is 1. The second-order valence-corrected chi connectivity index (χ2v) is 4.27. The van der Waals surface area contributed by atoms with E-state index in [4.69, 9.17) is 5.11 Å². The van der Waals surface area contributed by atoms with E-state index in [0.29, 0.717) is 6.42 Å². The maximum atomic E-state index is 11.7. The minimum Gasteiger partial charge on any atom is -0.481 e. The Labute approximate surface area is 98.9 Å². The Morgan fingerprint density at radius 1 is 1.47 bits per heavy atom. The molecule has 0 radical (unpaired) electrons. The number of carbonyl (C=O) groups is 2. The van der Waals surface area contributed by atoms with Crippen molar-refractivity contribution in [1.29, 1.82) is 0 Å². The Morgan fingerprint density at radius 3 is 2.76 bits per heavy atom. The molecular formula is C12H14N2O3. The Hall–Kier alpha value is -1.91. The zero-order valence-corrected chi connectivity index (χ0v) is 9.46. The molecular weight excluding hydrogens is 220 g/mol. The average molecular weight is 234 g/mol. The number of amides is 1. The first-order valence-electron chi connectivity index (χ1n) is 5.53. The fourth-order valence-electron chi connectivity index (χ4n) is 1.78. The first kappa shape index (κ1) is 11.6. The van der Waals surface area contributed by atoms with Gasteiger partial charge in [-0.1, -0.05) is 6.07 Å². The first-order chi connectivity index (χ1) is 8.09. The van der Waals surface area contributed by atoms with E-state index in [1.54, 1.807) is 12.3 Å². The van der Waals surface area contributed by atoms with Crippen LogP contribution in [0.4, 0.5) is 0 Å². The van der Waals surface area contributed by atoms with Gasteiger partial charge in [0.2, 0.25) is 5.91 Å². The lowest BCUT2D eigenvalue weighted by Crippen LogP contribution is -2.29. The van der Waals surface area contributed by atoms with Crippen LogP contribution in [-0.2, 0) is 9.59 Å². The van der Waals surface area contributed by atoms with Gasteiger partial charge in [0.05, 0.1) is 23.6 Å². The first-order valence-corrected chi connectivity index (χ1v) is 5.53. The van der Waals surface area contributed by atoms with Crippen LogP contribution in [0, 0.1) is 11.8 Å². The third kappa shape index (κ3) is 2.61. The number of rotatable bonds is 4.